The molecule has 16 heteroatoms. The molecule has 12 heterocycles. The highest BCUT2D eigenvalue weighted by molar-refractivity contribution is 5.80. The summed E-state index contributed by atoms with van der Waals surface area (Å²) in [6.07, 6.45) is 23.6. The number of benzene rings is 4. The minimum Gasteiger partial charge on any atom is -0.332 e. The standard InChI is InChI=1S/2C14H12N2.2C8H8N2.C7H7N3.3C6H7N.C5H6N2/c1-16-13-10-6-5-9-12(13)15-14(16)11-7-3-2-4-8-11;1-11-15-13-9-5-6-10-14(13)16(11)12-7-3-2-4-8-12;1-7-6-10-5-3-2-4-8(10)9-7;1-7-6-9-8-4-2-3-5-10(7)8;1-10-5-9-7-6(10)3-2-4-8-7;1-6-2-4-7-5-3-6;1-6-3-2-4-7-5-6;1-6-4-2-3-5-7-6;1-5-2-3-6-4-7-5/h2*2-10H,1H3;2*2-6H,1H3;2-5H,1H3;3*2-5H,1H3;2-4H,1H3. The van der Waals surface area contributed by atoms with E-state index in [2.05, 4.69) is 112 Å². The number of para-hydroxylation sites is 5. The highest BCUT2D eigenvalue weighted by Gasteiger charge is 2.09. The molecule has 0 aliphatic rings. The van der Waals surface area contributed by atoms with Gasteiger partial charge in [0, 0.05) is 111 Å². The number of imidazole rings is 5. The summed E-state index contributed by atoms with van der Waals surface area (Å²) in [5.74, 6) is 2.04. The summed E-state index contributed by atoms with van der Waals surface area (Å²) >= 11 is 0. The van der Waals surface area contributed by atoms with Gasteiger partial charge in [0.2, 0.25) is 0 Å². The van der Waals surface area contributed by atoms with Crippen molar-refractivity contribution < 1.29 is 0 Å². The van der Waals surface area contributed by atoms with Crippen LogP contribution in [-0.4, -0.2) is 77.3 Å². The van der Waals surface area contributed by atoms with Crippen LogP contribution in [0.3, 0.4) is 0 Å². The Balaban J connectivity index is 0.000000133. The maximum Gasteiger partial charge on any atom is 0.177 e. The van der Waals surface area contributed by atoms with E-state index in [0.717, 1.165) is 79.0 Å². The van der Waals surface area contributed by atoms with Crippen LogP contribution < -0.4 is 0 Å². The number of rotatable bonds is 2. The van der Waals surface area contributed by atoms with Crippen molar-refractivity contribution in [2.45, 2.75) is 48.5 Å². The van der Waals surface area contributed by atoms with Gasteiger partial charge in [0.25, 0.3) is 0 Å². The lowest BCUT2D eigenvalue weighted by Gasteiger charge is -2.05. The summed E-state index contributed by atoms with van der Waals surface area (Å²) in [5, 5.41) is 0. The van der Waals surface area contributed by atoms with Crippen molar-refractivity contribution in [1.82, 2.24) is 77.3 Å². The van der Waals surface area contributed by atoms with Crippen molar-refractivity contribution in [3.05, 3.63) is 327 Å². The van der Waals surface area contributed by atoms with Gasteiger partial charge in [-0.2, -0.15) is 0 Å². The van der Waals surface area contributed by atoms with Gasteiger partial charge in [-0.3, -0.25) is 19.5 Å². The van der Waals surface area contributed by atoms with Crippen molar-refractivity contribution >= 4 is 44.5 Å². The molecule has 0 atom stereocenters. The molecule has 0 fully saturated rings. The monoisotopic (exact) mass is 1190 g/mol. The number of aromatic nitrogens is 16. The Morgan fingerprint density at radius 1 is 0.378 bits per heavy atom. The van der Waals surface area contributed by atoms with Crippen molar-refractivity contribution in [2.24, 2.45) is 14.1 Å². The van der Waals surface area contributed by atoms with Crippen LogP contribution in [0.25, 0.3) is 61.6 Å². The Morgan fingerprint density at radius 2 is 1.00 bits per heavy atom. The zero-order valence-electron chi connectivity index (χ0n) is 52.3. The van der Waals surface area contributed by atoms with Gasteiger partial charge in [0.15, 0.2) is 5.65 Å². The van der Waals surface area contributed by atoms with E-state index in [4.69, 9.17) is 0 Å². The molecular weight excluding hydrogens is 1110 g/mol. The molecule has 0 aliphatic heterocycles. The summed E-state index contributed by atoms with van der Waals surface area (Å²) in [6.45, 7) is 14.0. The fourth-order valence-corrected chi connectivity index (χ4v) is 8.81. The molecular formula is C74H74N16. The Hall–Kier alpha value is -11.7. The average Bonchev–Trinajstić information content (AvgIpc) is 1.74. The maximum absolute atomic E-state index is 4.65. The smallest absolute Gasteiger partial charge is 0.177 e. The van der Waals surface area contributed by atoms with Crippen LogP contribution in [0, 0.1) is 48.5 Å². The van der Waals surface area contributed by atoms with Gasteiger partial charge >= 0.3 is 0 Å². The summed E-state index contributed by atoms with van der Waals surface area (Å²) in [5.41, 5.74) is 17.4. The molecule has 450 valence electrons. The van der Waals surface area contributed by atoms with Gasteiger partial charge in [-0.25, -0.2) is 39.9 Å². The molecule has 16 aromatic rings. The topological polar surface area (TPSA) is 165 Å². The minimum atomic E-state index is 0.810. The van der Waals surface area contributed by atoms with E-state index in [0.29, 0.717) is 0 Å². The number of hydrogen-bond donors (Lipinski definition) is 0. The number of aryl methyl sites for hydroxylation is 9. The lowest BCUT2D eigenvalue weighted by Crippen LogP contribution is -1.95. The first-order valence-corrected chi connectivity index (χ1v) is 29.2. The first kappa shape index (κ1) is 64.4. The number of nitrogens with zero attached hydrogens (tertiary/aromatic N) is 16. The fourth-order valence-electron chi connectivity index (χ4n) is 8.81. The minimum absolute atomic E-state index is 0.810. The van der Waals surface area contributed by atoms with Gasteiger partial charge < -0.3 is 17.9 Å². The van der Waals surface area contributed by atoms with E-state index in [1.165, 1.54) is 28.7 Å². The van der Waals surface area contributed by atoms with Crippen LogP contribution >= 0.6 is 0 Å². The molecule has 0 saturated heterocycles. The highest BCUT2D eigenvalue weighted by atomic mass is 15.1. The van der Waals surface area contributed by atoms with E-state index in [9.17, 15) is 0 Å². The zero-order valence-corrected chi connectivity index (χ0v) is 52.3. The number of hydrogen-bond acceptors (Lipinski definition) is 11. The average molecular weight is 1190 g/mol. The van der Waals surface area contributed by atoms with E-state index in [-0.39, 0.29) is 0 Å². The first-order chi connectivity index (χ1) is 43.9. The largest absolute Gasteiger partial charge is 0.332 e. The molecule has 0 radical (unpaired) electrons. The second kappa shape index (κ2) is 33.9. The van der Waals surface area contributed by atoms with Crippen LogP contribution in [0.2, 0.25) is 0 Å². The molecule has 0 bridgehead atoms. The van der Waals surface area contributed by atoms with Crippen molar-refractivity contribution in [3.63, 3.8) is 0 Å². The predicted molar refractivity (Wildman–Crippen MR) is 364 cm³/mol. The number of fused-ring (bicyclic) bond motifs is 5. The SMILES string of the molecule is Cc1ccccn1.Cc1cccnc1.Cc1ccncc1.Cc1ccncn1.Cc1cn2ccccc2n1.Cc1cnc2ccccn12.Cc1nc2ccccc2n1-c1ccccc1.Cn1c(-c2ccccc2)nc2ccccc21.Cn1cnc2ncccc21. The van der Waals surface area contributed by atoms with Crippen LogP contribution in [0.1, 0.15) is 39.7 Å². The second-order valence-electron chi connectivity index (χ2n) is 20.4. The third-order valence-corrected chi connectivity index (χ3v) is 13.3. The predicted octanol–water partition coefficient (Wildman–Crippen LogP) is 15.8. The Labute approximate surface area is 525 Å². The van der Waals surface area contributed by atoms with Crippen LogP contribution in [-0.2, 0) is 14.1 Å². The van der Waals surface area contributed by atoms with Gasteiger partial charge in [-0.1, -0.05) is 97.1 Å². The van der Waals surface area contributed by atoms with Gasteiger partial charge in [0.05, 0.1) is 39.6 Å². The molecule has 0 amide bonds. The highest BCUT2D eigenvalue weighted by Crippen LogP contribution is 2.23. The van der Waals surface area contributed by atoms with Crippen LogP contribution in [0.4, 0.5) is 0 Å². The van der Waals surface area contributed by atoms with Gasteiger partial charge in [-0.05, 0) is 169 Å². The molecule has 16 nitrogen and oxygen atoms in total. The molecule has 16 rings (SSSR count). The summed E-state index contributed by atoms with van der Waals surface area (Å²) in [4.78, 5) is 45.1. The molecule has 4 aromatic carbocycles. The molecule has 0 spiro atoms. The van der Waals surface area contributed by atoms with E-state index in [1.54, 1.807) is 43.5 Å². The molecule has 0 N–H and O–H groups in total. The van der Waals surface area contributed by atoms with E-state index < -0.39 is 0 Å². The van der Waals surface area contributed by atoms with E-state index in [1.807, 2.05) is 265 Å². The summed E-state index contributed by atoms with van der Waals surface area (Å²) in [6, 6.07) is 68.4. The molecule has 90 heavy (non-hydrogen) atoms. The van der Waals surface area contributed by atoms with Crippen molar-refractivity contribution in [3.8, 4) is 17.1 Å². The quantitative estimate of drug-likeness (QED) is 0.162. The van der Waals surface area contributed by atoms with Crippen LogP contribution in [0.5, 0.6) is 0 Å². The third-order valence-electron chi connectivity index (χ3n) is 13.3. The van der Waals surface area contributed by atoms with E-state index >= 15 is 0 Å². The zero-order chi connectivity index (χ0) is 63.3. The molecule has 12 aromatic heterocycles. The number of pyridine rings is 6. The fraction of sp³-hybridized carbons (Fsp3) is 0.122. The lowest BCUT2D eigenvalue weighted by molar-refractivity contribution is 0.947. The summed E-state index contributed by atoms with van der Waals surface area (Å²) < 4.78 is 10.3. The summed E-state index contributed by atoms with van der Waals surface area (Å²) in [7, 11) is 4.01. The van der Waals surface area contributed by atoms with Crippen LogP contribution in [0.15, 0.2) is 287 Å². The lowest BCUT2D eigenvalue weighted by atomic mass is 10.2. The normalized spacial score (nSPS) is 10.1. The Bertz CT molecular complexity index is 4370. The Morgan fingerprint density at radius 3 is 1.58 bits per heavy atom. The Kier molecular flexibility index (Phi) is 24.2. The molecule has 0 unspecified atom stereocenters. The molecule has 0 aliphatic carbocycles. The van der Waals surface area contributed by atoms with Gasteiger partial charge in [0.1, 0.15) is 29.3 Å². The van der Waals surface area contributed by atoms with Gasteiger partial charge in [-0.15, -0.1) is 0 Å². The maximum atomic E-state index is 4.65. The van der Waals surface area contributed by atoms with Crippen molar-refractivity contribution in [1.29, 1.82) is 0 Å². The third kappa shape index (κ3) is 19.4. The first-order valence-electron chi connectivity index (χ1n) is 29.2. The molecule has 0 saturated carbocycles. The van der Waals surface area contributed by atoms with Crippen molar-refractivity contribution in [2.75, 3.05) is 0 Å². The second-order valence-corrected chi connectivity index (χ2v) is 20.4.